The SMILES string of the molecule is CC[C@@H]1CN(C(C)=O)CC[C@H]1N[C@H](C)C(=O)NCC(F)(F)F. The minimum Gasteiger partial charge on any atom is -0.346 e. The maximum atomic E-state index is 12.1. The van der Waals surface area contributed by atoms with Crippen LogP contribution in [-0.2, 0) is 9.59 Å². The van der Waals surface area contributed by atoms with E-state index in [9.17, 15) is 22.8 Å². The molecule has 5 nitrogen and oxygen atoms in total. The van der Waals surface area contributed by atoms with E-state index in [2.05, 4.69) is 5.32 Å². The molecule has 0 bridgehead atoms. The molecule has 0 aliphatic carbocycles. The second-order valence-corrected chi connectivity index (χ2v) is 5.75. The van der Waals surface area contributed by atoms with E-state index >= 15 is 0 Å². The first-order valence-electron chi connectivity index (χ1n) is 7.50. The van der Waals surface area contributed by atoms with Crippen LogP contribution in [0.2, 0.25) is 0 Å². The van der Waals surface area contributed by atoms with Gasteiger partial charge in [0.1, 0.15) is 6.54 Å². The summed E-state index contributed by atoms with van der Waals surface area (Å²) in [6.45, 7) is 4.96. The first-order chi connectivity index (χ1) is 10.1. The summed E-state index contributed by atoms with van der Waals surface area (Å²) in [5, 5.41) is 4.98. The number of nitrogens with one attached hydrogen (secondary N) is 2. The lowest BCUT2D eigenvalue weighted by Crippen LogP contribution is -2.55. The highest BCUT2D eigenvalue weighted by Crippen LogP contribution is 2.21. The molecule has 128 valence electrons. The van der Waals surface area contributed by atoms with Gasteiger partial charge in [-0.2, -0.15) is 13.2 Å². The lowest BCUT2D eigenvalue weighted by molar-refractivity contribution is -0.139. The highest BCUT2D eigenvalue weighted by atomic mass is 19.4. The van der Waals surface area contributed by atoms with Gasteiger partial charge in [-0.15, -0.1) is 0 Å². The summed E-state index contributed by atoms with van der Waals surface area (Å²) in [7, 11) is 0. The summed E-state index contributed by atoms with van der Waals surface area (Å²) in [4.78, 5) is 24.9. The number of rotatable bonds is 5. The van der Waals surface area contributed by atoms with Crippen molar-refractivity contribution in [1.29, 1.82) is 0 Å². The van der Waals surface area contributed by atoms with Crippen LogP contribution < -0.4 is 10.6 Å². The quantitative estimate of drug-likeness (QED) is 0.801. The summed E-state index contributed by atoms with van der Waals surface area (Å²) in [6, 6.07) is -0.683. The zero-order valence-electron chi connectivity index (χ0n) is 13.2. The number of carbonyl (C=O) groups is 2. The van der Waals surface area contributed by atoms with Crippen LogP contribution >= 0.6 is 0 Å². The minimum absolute atomic E-state index is 0.0206. The Morgan fingerprint density at radius 2 is 2.00 bits per heavy atom. The van der Waals surface area contributed by atoms with E-state index in [1.807, 2.05) is 12.2 Å². The van der Waals surface area contributed by atoms with Crippen LogP contribution in [0.1, 0.15) is 33.6 Å². The fourth-order valence-electron chi connectivity index (χ4n) is 2.69. The molecule has 1 aliphatic rings. The molecule has 0 radical (unpaired) electrons. The van der Waals surface area contributed by atoms with Crippen LogP contribution in [-0.4, -0.2) is 54.6 Å². The molecule has 1 saturated heterocycles. The summed E-state index contributed by atoms with van der Waals surface area (Å²) >= 11 is 0. The Morgan fingerprint density at radius 1 is 1.36 bits per heavy atom. The van der Waals surface area contributed by atoms with Gasteiger partial charge in [0.15, 0.2) is 0 Å². The Hall–Kier alpha value is -1.31. The Kier molecular flexibility index (Phi) is 6.65. The smallest absolute Gasteiger partial charge is 0.346 e. The van der Waals surface area contributed by atoms with Crippen molar-refractivity contribution in [3.63, 3.8) is 0 Å². The second-order valence-electron chi connectivity index (χ2n) is 5.75. The first-order valence-corrected chi connectivity index (χ1v) is 7.50. The highest BCUT2D eigenvalue weighted by Gasteiger charge is 2.32. The van der Waals surface area contributed by atoms with Gasteiger partial charge >= 0.3 is 6.18 Å². The molecule has 1 aliphatic heterocycles. The molecule has 0 unspecified atom stereocenters. The molecule has 0 saturated carbocycles. The van der Waals surface area contributed by atoms with Crippen molar-refractivity contribution in [2.75, 3.05) is 19.6 Å². The average Bonchev–Trinajstić information content (AvgIpc) is 2.43. The van der Waals surface area contributed by atoms with Crippen LogP contribution in [0.3, 0.4) is 0 Å². The molecule has 0 aromatic carbocycles. The van der Waals surface area contributed by atoms with Gasteiger partial charge in [-0.1, -0.05) is 13.3 Å². The summed E-state index contributed by atoms with van der Waals surface area (Å²) < 4.78 is 36.3. The minimum atomic E-state index is -4.41. The van der Waals surface area contributed by atoms with E-state index in [4.69, 9.17) is 0 Å². The lowest BCUT2D eigenvalue weighted by Gasteiger charge is -2.39. The molecule has 3 atom stereocenters. The molecule has 0 spiro atoms. The van der Waals surface area contributed by atoms with Crippen molar-refractivity contribution in [2.45, 2.75) is 51.9 Å². The maximum Gasteiger partial charge on any atom is 0.405 e. The molecule has 0 aromatic rings. The average molecular weight is 323 g/mol. The third-order valence-corrected chi connectivity index (χ3v) is 4.02. The Balaban J connectivity index is 2.50. The molecule has 22 heavy (non-hydrogen) atoms. The summed E-state index contributed by atoms with van der Waals surface area (Å²) in [5.41, 5.74) is 0. The van der Waals surface area contributed by atoms with Crippen molar-refractivity contribution in [2.24, 2.45) is 5.92 Å². The van der Waals surface area contributed by atoms with Crippen molar-refractivity contribution in [3.05, 3.63) is 0 Å². The topological polar surface area (TPSA) is 61.4 Å². The Bertz CT molecular complexity index is 401. The van der Waals surface area contributed by atoms with Crippen LogP contribution in [0.15, 0.2) is 0 Å². The highest BCUT2D eigenvalue weighted by molar-refractivity contribution is 5.81. The number of likely N-dealkylation sites (tertiary alicyclic amines) is 1. The fraction of sp³-hybridized carbons (Fsp3) is 0.857. The predicted octanol–water partition coefficient (Wildman–Crippen LogP) is 1.29. The van der Waals surface area contributed by atoms with E-state index in [0.29, 0.717) is 19.5 Å². The standard InChI is InChI=1S/C14H24F3N3O2/c1-4-11-7-20(10(3)21)6-5-12(11)19-9(2)13(22)18-8-14(15,16)17/h9,11-12,19H,4-8H2,1-3H3,(H,18,22)/t9-,11-,12-/m1/s1. The van der Waals surface area contributed by atoms with Gasteiger partial charge in [-0.25, -0.2) is 0 Å². The van der Waals surface area contributed by atoms with Crippen LogP contribution in [0, 0.1) is 5.92 Å². The number of halogens is 3. The van der Waals surface area contributed by atoms with Crippen molar-refractivity contribution < 1.29 is 22.8 Å². The molecule has 8 heteroatoms. The molecule has 1 heterocycles. The summed E-state index contributed by atoms with van der Waals surface area (Å²) in [5.74, 6) is -0.454. The van der Waals surface area contributed by atoms with E-state index < -0.39 is 24.7 Å². The Labute approximate surface area is 128 Å². The monoisotopic (exact) mass is 323 g/mol. The van der Waals surface area contributed by atoms with Crippen molar-refractivity contribution in [1.82, 2.24) is 15.5 Å². The van der Waals surface area contributed by atoms with Crippen LogP contribution in [0.5, 0.6) is 0 Å². The fourth-order valence-corrected chi connectivity index (χ4v) is 2.69. The number of hydrogen-bond acceptors (Lipinski definition) is 3. The van der Waals surface area contributed by atoms with Gasteiger partial charge in [0.2, 0.25) is 11.8 Å². The number of alkyl halides is 3. The molecule has 2 N–H and O–H groups in total. The third kappa shape index (κ3) is 5.82. The van der Waals surface area contributed by atoms with Gasteiger partial charge in [0.05, 0.1) is 6.04 Å². The van der Waals surface area contributed by atoms with Gasteiger partial charge in [-0.05, 0) is 19.3 Å². The number of piperidine rings is 1. The third-order valence-electron chi connectivity index (χ3n) is 4.02. The van der Waals surface area contributed by atoms with Crippen LogP contribution in [0.4, 0.5) is 13.2 Å². The number of carbonyl (C=O) groups excluding carboxylic acids is 2. The second kappa shape index (κ2) is 7.80. The van der Waals surface area contributed by atoms with E-state index in [1.54, 1.807) is 11.8 Å². The number of nitrogens with zero attached hydrogens (tertiary/aromatic N) is 1. The van der Waals surface area contributed by atoms with Gasteiger partial charge in [-0.3, -0.25) is 9.59 Å². The van der Waals surface area contributed by atoms with Gasteiger partial charge < -0.3 is 15.5 Å². The predicted molar refractivity (Wildman–Crippen MR) is 76.1 cm³/mol. The number of hydrogen-bond donors (Lipinski definition) is 2. The normalized spacial score (nSPS) is 24.0. The first kappa shape index (κ1) is 18.7. The molecular formula is C14H24F3N3O2. The van der Waals surface area contributed by atoms with Gasteiger partial charge in [0.25, 0.3) is 0 Å². The van der Waals surface area contributed by atoms with Crippen molar-refractivity contribution >= 4 is 11.8 Å². The lowest BCUT2D eigenvalue weighted by atomic mass is 9.89. The molecule has 1 fully saturated rings. The summed E-state index contributed by atoms with van der Waals surface area (Å²) in [6.07, 6.45) is -2.89. The van der Waals surface area contributed by atoms with Crippen molar-refractivity contribution in [3.8, 4) is 0 Å². The molecular weight excluding hydrogens is 299 g/mol. The van der Waals surface area contributed by atoms with Gasteiger partial charge in [0, 0.05) is 26.1 Å². The van der Waals surface area contributed by atoms with E-state index in [1.165, 1.54) is 6.92 Å². The molecule has 2 amide bonds. The number of amides is 2. The van der Waals surface area contributed by atoms with E-state index in [0.717, 1.165) is 6.42 Å². The zero-order valence-corrected chi connectivity index (χ0v) is 13.2. The van der Waals surface area contributed by atoms with Crippen LogP contribution in [0.25, 0.3) is 0 Å². The maximum absolute atomic E-state index is 12.1. The van der Waals surface area contributed by atoms with E-state index in [-0.39, 0.29) is 17.9 Å². The zero-order chi connectivity index (χ0) is 16.9. The Morgan fingerprint density at radius 3 is 2.50 bits per heavy atom. The molecule has 1 rings (SSSR count). The molecule has 0 aromatic heterocycles. The largest absolute Gasteiger partial charge is 0.405 e.